The summed E-state index contributed by atoms with van der Waals surface area (Å²) in [5.41, 5.74) is 8.30. The van der Waals surface area contributed by atoms with Crippen molar-refractivity contribution in [2.75, 3.05) is 6.61 Å². The number of rotatable bonds is 6. The summed E-state index contributed by atoms with van der Waals surface area (Å²) in [6.07, 6.45) is 2.02. The standard InChI is InChI=1S/C15H25NO/c1-5-11(2)10-17-15-12(3)7-6-8-14(15)9-13(4)16/h6-8,11,13H,5,9-10,16H2,1-4H3. The Labute approximate surface area is 105 Å². The average molecular weight is 235 g/mol. The minimum atomic E-state index is 0.169. The fourth-order valence-corrected chi connectivity index (χ4v) is 1.77. The van der Waals surface area contributed by atoms with Crippen LogP contribution in [-0.4, -0.2) is 12.6 Å². The largest absolute Gasteiger partial charge is 0.493 e. The van der Waals surface area contributed by atoms with Crippen LogP contribution in [-0.2, 0) is 6.42 Å². The third-order valence-electron chi connectivity index (χ3n) is 3.04. The minimum Gasteiger partial charge on any atom is -0.493 e. The lowest BCUT2D eigenvalue weighted by molar-refractivity contribution is 0.252. The van der Waals surface area contributed by atoms with Crippen molar-refractivity contribution < 1.29 is 4.74 Å². The van der Waals surface area contributed by atoms with E-state index < -0.39 is 0 Å². The lowest BCUT2D eigenvalue weighted by Gasteiger charge is -2.17. The molecule has 0 saturated heterocycles. The Bertz CT molecular complexity index is 347. The highest BCUT2D eigenvalue weighted by Gasteiger charge is 2.10. The van der Waals surface area contributed by atoms with Crippen molar-refractivity contribution >= 4 is 0 Å². The van der Waals surface area contributed by atoms with Gasteiger partial charge in [0.05, 0.1) is 6.61 Å². The van der Waals surface area contributed by atoms with Gasteiger partial charge in [0.15, 0.2) is 0 Å². The van der Waals surface area contributed by atoms with E-state index in [0.29, 0.717) is 5.92 Å². The molecule has 0 fully saturated rings. The zero-order valence-electron chi connectivity index (χ0n) is 11.5. The van der Waals surface area contributed by atoms with E-state index >= 15 is 0 Å². The fourth-order valence-electron chi connectivity index (χ4n) is 1.77. The number of aryl methyl sites for hydroxylation is 1. The number of ether oxygens (including phenoxy) is 1. The van der Waals surface area contributed by atoms with Crippen molar-refractivity contribution in [3.05, 3.63) is 29.3 Å². The van der Waals surface area contributed by atoms with E-state index in [1.54, 1.807) is 0 Å². The van der Waals surface area contributed by atoms with Gasteiger partial charge in [-0.2, -0.15) is 0 Å². The number of nitrogens with two attached hydrogens (primary N) is 1. The van der Waals surface area contributed by atoms with Crippen LogP contribution < -0.4 is 10.5 Å². The smallest absolute Gasteiger partial charge is 0.125 e. The monoisotopic (exact) mass is 235 g/mol. The van der Waals surface area contributed by atoms with Crippen LogP contribution >= 0.6 is 0 Å². The lowest BCUT2D eigenvalue weighted by Crippen LogP contribution is -2.19. The van der Waals surface area contributed by atoms with Crippen molar-refractivity contribution in [2.24, 2.45) is 11.7 Å². The third kappa shape index (κ3) is 4.39. The predicted octanol–water partition coefficient (Wildman–Crippen LogP) is 3.31. The molecule has 0 spiro atoms. The molecule has 2 N–H and O–H groups in total. The van der Waals surface area contributed by atoms with Crippen LogP contribution in [0.25, 0.3) is 0 Å². The van der Waals surface area contributed by atoms with E-state index in [-0.39, 0.29) is 6.04 Å². The first-order valence-electron chi connectivity index (χ1n) is 6.51. The Morgan fingerprint density at radius 1 is 1.29 bits per heavy atom. The molecule has 0 aliphatic carbocycles. The summed E-state index contributed by atoms with van der Waals surface area (Å²) in [5.74, 6) is 1.63. The van der Waals surface area contributed by atoms with Gasteiger partial charge in [0, 0.05) is 6.04 Å². The second-order valence-electron chi connectivity index (χ2n) is 5.07. The topological polar surface area (TPSA) is 35.2 Å². The van der Waals surface area contributed by atoms with Gasteiger partial charge in [0.2, 0.25) is 0 Å². The average Bonchev–Trinajstić information content (AvgIpc) is 2.27. The molecule has 2 atom stereocenters. The Morgan fingerprint density at radius 2 is 2.00 bits per heavy atom. The second kappa shape index (κ2) is 6.65. The summed E-state index contributed by atoms with van der Waals surface area (Å²) in [7, 11) is 0. The van der Waals surface area contributed by atoms with Crippen LogP contribution in [0.4, 0.5) is 0 Å². The van der Waals surface area contributed by atoms with E-state index in [9.17, 15) is 0 Å². The lowest BCUT2D eigenvalue weighted by atomic mass is 10.0. The quantitative estimate of drug-likeness (QED) is 0.821. The minimum absolute atomic E-state index is 0.169. The van der Waals surface area contributed by atoms with Gasteiger partial charge in [-0.1, -0.05) is 38.5 Å². The fraction of sp³-hybridized carbons (Fsp3) is 0.600. The molecule has 96 valence electrons. The Balaban J connectivity index is 2.80. The molecule has 0 amide bonds. The first kappa shape index (κ1) is 14.0. The van der Waals surface area contributed by atoms with E-state index in [0.717, 1.165) is 25.2 Å². The van der Waals surface area contributed by atoms with Gasteiger partial charge in [0.1, 0.15) is 5.75 Å². The second-order valence-corrected chi connectivity index (χ2v) is 5.07. The number of benzene rings is 1. The molecule has 1 rings (SSSR count). The highest BCUT2D eigenvalue weighted by Crippen LogP contribution is 2.25. The van der Waals surface area contributed by atoms with Crippen LogP contribution in [0.3, 0.4) is 0 Å². The van der Waals surface area contributed by atoms with Gasteiger partial charge >= 0.3 is 0 Å². The SMILES string of the molecule is CCC(C)COc1c(C)cccc1CC(C)N. The van der Waals surface area contributed by atoms with Gasteiger partial charge in [-0.3, -0.25) is 0 Å². The highest BCUT2D eigenvalue weighted by molar-refractivity contribution is 5.41. The number of hydrogen-bond donors (Lipinski definition) is 1. The molecule has 0 bridgehead atoms. The van der Waals surface area contributed by atoms with E-state index in [1.807, 2.05) is 6.92 Å². The van der Waals surface area contributed by atoms with Crippen LogP contribution in [0.2, 0.25) is 0 Å². The summed E-state index contributed by atoms with van der Waals surface area (Å²) < 4.78 is 5.97. The Hall–Kier alpha value is -1.02. The molecule has 2 nitrogen and oxygen atoms in total. The molecular weight excluding hydrogens is 210 g/mol. The van der Waals surface area contributed by atoms with Crippen LogP contribution in [0.5, 0.6) is 5.75 Å². The first-order valence-corrected chi connectivity index (χ1v) is 6.51. The van der Waals surface area contributed by atoms with Crippen molar-refractivity contribution in [3.8, 4) is 5.75 Å². The molecule has 1 aromatic rings. The highest BCUT2D eigenvalue weighted by atomic mass is 16.5. The van der Waals surface area contributed by atoms with Gasteiger partial charge in [0.25, 0.3) is 0 Å². The Kier molecular flexibility index (Phi) is 5.49. The maximum atomic E-state index is 5.97. The van der Waals surface area contributed by atoms with Gasteiger partial charge in [-0.05, 0) is 37.3 Å². The van der Waals surface area contributed by atoms with E-state index in [1.165, 1.54) is 11.1 Å². The molecule has 17 heavy (non-hydrogen) atoms. The first-order chi connectivity index (χ1) is 8.04. The van der Waals surface area contributed by atoms with Gasteiger partial charge in [-0.15, -0.1) is 0 Å². The summed E-state index contributed by atoms with van der Waals surface area (Å²) in [6, 6.07) is 6.45. The maximum Gasteiger partial charge on any atom is 0.125 e. The summed E-state index contributed by atoms with van der Waals surface area (Å²) >= 11 is 0. The summed E-state index contributed by atoms with van der Waals surface area (Å²) in [5, 5.41) is 0. The Morgan fingerprint density at radius 3 is 2.59 bits per heavy atom. The molecule has 0 aromatic heterocycles. The summed E-state index contributed by atoms with van der Waals surface area (Å²) in [6.45, 7) is 9.31. The summed E-state index contributed by atoms with van der Waals surface area (Å²) in [4.78, 5) is 0. The van der Waals surface area contributed by atoms with Crippen LogP contribution in [0.1, 0.15) is 38.3 Å². The van der Waals surface area contributed by atoms with Crippen molar-refractivity contribution in [2.45, 2.75) is 46.6 Å². The normalized spacial score (nSPS) is 14.4. The number of hydrogen-bond acceptors (Lipinski definition) is 2. The molecule has 1 aromatic carbocycles. The van der Waals surface area contributed by atoms with Gasteiger partial charge < -0.3 is 10.5 Å². The molecule has 0 heterocycles. The zero-order valence-corrected chi connectivity index (χ0v) is 11.5. The third-order valence-corrected chi connectivity index (χ3v) is 3.04. The molecule has 2 unspecified atom stereocenters. The molecule has 0 saturated carbocycles. The molecule has 0 aliphatic heterocycles. The van der Waals surface area contributed by atoms with Gasteiger partial charge in [-0.25, -0.2) is 0 Å². The van der Waals surface area contributed by atoms with Crippen molar-refractivity contribution in [1.82, 2.24) is 0 Å². The van der Waals surface area contributed by atoms with E-state index in [4.69, 9.17) is 10.5 Å². The van der Waals surface area contributed by atoms with Crippen LogP contribution in [0.15, 0.2) is 18.2 Å². The molecule has 0 radical (unpaired) electrons. The van der Waals surface area contributed by atoms with Crippen LogP contribution in [0, 0.1) is 12.8 Å². The molecule has 2 heteroatoms. The predicted molar refractivity (Wildman–Crippen MR) is 73.5 cm³/mol. The number of para-hydroxylation sites is 1. The molecular formula is C15H25NO. The zero-order chi connectivity index (χ0) is 12.8. The maximum absolute atomic E-state index is 5.97. The van der Waals surface area contributed by atoms with Crippen molar-refractivity contribution in [1.29, 1.82) is 0 Å². The van der Waals surface area contributed by atoms with Crippen molar-refractivity contribution in [3.63, 3.8) is 0 Å². The van der Waals surface area contributed by atoms with E-state index in [2.05, 4.69) is 39.0 Å². The molecule has 0 aliphatic rings.